The maximum Gasteiger partial charge on any atom is 0.416 e. The van der Waals surface area contributed by atoms with E-state index in [1.807, 2.05) is 41.0 Å². The highest BCUT2D eigenvalue weighted by Gasteiger charge is 2.47. The number of fused-ring (bicyclic) bond motifs is 16. The summed E-state index contributed by atoms with van der Waals surface area (Å²) in [6, 6.07) is 23.0. The maximum absolute atomic E-state index is 13.4. The molecule has 44 heteroatoms. The van der Waals surface area contributed by atoms with Crippen molar-refractivity contribution in [2.75, 3.05) is 126 Å². The number of aryl methyl sites for hydroxylation is 3. The molecule has 4 fully saturated rings. The van der Waals surface area contributed by atoms with Crippen LogP contribution in [-0.2, 0) is 13.2 Å². The quantitative estimate of drug-likeness (QED) is 0.0386. The number of hydrogen-bond donors (Lipinski definition) is 6. The Kier molecular flexibility index (Phi) is 25.2. The van der Waals surface area contributed by atoms with Crippen molar-refractivity contribution in [1.82, 2.24) is 64.4 Å². The van der Waals surface area contributed by atoms with Gasteiger partial charge in [0.25, 0.3) is 5.56 Å². The summed E-state index contributed by atoms with van der Waals surface area (Å²) in [7, 11) is 1.55. The van der Waals surface area contributed by atoms with Gasteiger partial charge in [-0.25, -0.2) is 74.0 Å². The fraction of sp³-hybridized carbons (Fsp3) is 0.361. The summed E-state index contributed by atoms with van der Waals surface area (Å²) in [5.41, 5.74) is 3.91. The summed E-state index contributed by atoms with van der Waals surface area (Å²) >= 11 is 0. The van der Waals surface area contributed by atoms with Gasteiger partial charge in [-0.3, -0.25) is 54.9 Å². The van der Waals surface area contributed by atoms with E-state index in [0.717, 1.165) is 68.5 Å². The summed E-state index contributed by atoms with van der Waals surface area (Å²) in [5.74, 6) is -0.966. The summed E-state index contributed by atoms with van der Waals surface area (Å²) in [6.07, 6.45) is -1.83. The number of alkyl halides is 9. The largest absolute Gasteiger partial charge is 0.491 e. The zero-order valence-corrected chi connectivity index (χ0v) is 68.3. The van der Waals surface area contributed by atoms with Gasteiger partial charge in [0.05, 0.1) is 90.0 Å². The van der Waals surface area contributed by atoms with Crippen LogP contribution < -0.4 is 70.8 Å². The molecule has 9 aromatic heterocycles. The summed E-state index contributed by atoms with van der Waals surface area (Å²) in [6.45, 7) is 9.23. The van der Waals surface area contributed by atoms with Crippen LogP contribution >= 0.6 is 0 Å². The number of Topliss-reactive ketones (excluding diaryl/α,β-unsaturated/α-hetero) is 2. The van der Waals surface area contributed by atoms with Crippen molar-refractivity contribution >= 4 is 105 Å². The molecule has 8 amide bonds. The number of aliphatic hydroxyl groups is 2. The molecular formula is C83H82F9N25O10. The van der Waals surface area contributed by atoms with Gasteiger partial charge in [-0.1, -0.05) is 31.2 Å². The second kappa shape index (κ2) is 36.5. The number of halogens is 9. The summed E-state index contributed by atoms with van der Waals surface area (Å²) < 4.78 is 122. The molecule has 1 aromatic carbocycles. The minimum absolute atomic E-state index is 0.0764. The van der Waals surface area contributed by atoms with E-state index in [2.05, 4.69) is 85.9 Å². The van der Waals surface area contributed by atoms with Crippen molar-refractivity contribution in [3.05, 3.63) is 186 Å². The van der Waals surface area contributed by atoms with E-state index >= 15 is 0 Å². The van der Waals surface area contributed by atoms with Crippen LogP contribution in [0, 0.1) is 19.8 Å². The Labute approximate surface area is 717 Å². The van der Waals surface area contributed by atoms with Gasteiger partial charge in [-0.05, 0) is 106 Å². The van der Waals surface area contributed by atoms with Gasteiger partial charge in [0.15, 0.2) is 52.4 Å². The fourth-order valence-corrected chi connectivity index (χ4v) is 15.7. The molecule has 6 N–H and O–H groups in total. The fourth-order valence-electron chi connectivity index (χ4n) is 15.7. The van der Waals surface area contributed by atoms with Crippen molar-refractivity contribution in [1.29, 1.82) is 0 Å². The number of rotatable bonds is 16. The number of ketones is 2. The number of ether oxygens (including phenoxy) is 1. The van der Waals surface area contributed by atoms with Crippen molar-refractivity contribution < 1.29 is 83.2 Å². The molecule has 127 heavy (non-hydrogen) atoms. The van der Waals surface area contributed by atoms with Crippen LogP contribution in [0.25, 0.3) is 22.8 Å². The smallest absolute Gasteiger partial charge is 0.416 e. The number of urea groups is 4. The molecule has 8 aliphatic rings. The second-order valence-corrected chi connectivity index (χ2v) is 30.9. The number of benzene rings is 1. The van der Waals surface area contributed by atoms with Crippen molar-refractivity contribution in [3.8, 4) is 28.5 Å². The number of nitrogens with one attached hydrogen (secondary N) is 4. The molecule has 17 heterocycles. The second-order valence-electron chi connectivity index (χ2n) is 30.9. The number of aromatic nitrogens is 13. The Hall–Kier alpha value is -14.2. The number of hydrogen-bond acceptors (Lipinski definition) is 26. The van der Waals surface area contributed by atoms with E-state index in [4.69, 9.17) is 14.8 Å². The number of carbonyl (C=O) groups excluding carboxylic acids is 6. The van der Waals surface area contributed by atoms with Gasteiger partial charge < -0.3 is 44.4 Å². The molecule has 8 bridgehead atoms. The SMILES string of the molecule is Cc1ccc(-c2ncc3c(n2)N(C(=O)Nc2ccccn2)[C@H]2CCN3C2)cn1.Cc1nc(C(=O)C[C@H](C)C(F)(F)F)nc2c1N1CC[C@@H](C1)N2C(=O)Nc1cc(OC[C@H](O)CO)ccn1.Cn1cccc(NC(=O)N2c3nc(C(=O)CCC(F)(F)F)ncc3N3CC[C@H]2C3)c1=O.O=C(Nc1ccccn1)N1c2nc(-c3cccc(C(F)(F)F)c3)ncc2N2CC[C@H]1C2. The maximum atomic E-state index is 13.4. The molecule has 0 saturated carbocycles. The van der Waals surface area contributed by atoms with Crippen molar-refractivity contribution in [2.24, 2.45) is 13.0 Å². The highest BCUT2D eigenvalue weighted by atomic mass is 19.4. The Bertz CT molecular complexity index is 5850. The van der Waals surface area contributed by atoms with Gasteiger partial charge in [0.1, 0.15) is 47.3 Å². The number of nitrogens with zero attached hydrogens (tertiary/aromatic N) is 21. The van der Waals surface area contributed by atoms with Crippen LogP contribution in [0.1, 0.15) is 90.1 Å². The first-order valence-corrected chi connectivity index (χ1v) is 40.3. The summed E-state index contributed by atoms with van der Waals surface area (Å²) in [5, 5.41) is 29.3. The van der Waals surface area contributed by atoms with Gasteiger partial charge in [0, 0.05) is 126 Å². The molecule has 18 rings (SSSR count). The van der Waals surface area contributed by atoms with Crippen LogP contribution in [0.2, 0.25) is 0 Å². The average Bonchev–Trinajstić information content (AvgIpc) is 1.66. The lowest BCUT2D eigenvalue weighted by atomic mass is 10.0. The zero-order chi connectivity index (χ0) is 89.9. The third kappa shape index (κ3) is 19.7. The first-order valence-electron chi connectivity index (χ1n) is 40.3. The van der Waals surface area contributed by atoms with E-state index in [1.54, 1.807) is 91.3 Å². The lowest BCUT2D eigenvalue weighted by Crippen LogP contribution is -2.49. The first kappa shape index (κ1) is 87.7. The molecule has 0 spiro atoms. The van der Waals surface area contributed by atoms with E-state index in [0.29, 0.717) is 103 Å². The third-order valence-electron chi connectivity index (χ3n) is 22.1. The van der Waals surface area contributed by atoms with E-state index in [1.165, 1.54) is 57.1 Å². The lowest BCUT2D eigenvalue weighted by molar-refractivity contribution is -0.168. The van der Waals surface area contributed by atoms with E-state index in [9.17, 15) is 78.2 Å². The third-order valence-corrected chi connectivity index (χ3v) is 22.1. The number of anilines is 12. The monoisotopic (exact) mass is 1760 g/mol. The minimum Gasteiger partial charge on any atom is -0.491 e. The van der Waals surface area contributed by atoms with Crippen LogP contribution in [-0.4, -0.2) is 218 Å². The lowest BCUT2D eigenvalue weighted by Gasteiger charge is -2.36. The first-order chi connectivity index (χ1) is 60.7. The minimum atomic E-state index is -4.53. The molecule has 10 aromatic rings. The summed E-state index contributed by atoms with van der Waals surface area (Å²) in [4.78, 5) is 155. The Morgan fingerprint density at radius 2 is 1.04 bits per heavy atom. The zero-order valence-electron chi connectivity index (χ0n) is 68.3. The molecular weight excluding hydrogens is 1680 g/mol. The number of aliphatic hydroxyl groups excluding tert-OH is 2. The predicted molar refractivity (Wildman–Crippen MR) is 447 cm³/mol. The Morgan fingerprint density at radius 1 is 0.520 bits per heavy atom. The molecule has 0 aliphatic carbocycles. The van der Waals surface area contributed by atoms with Gasteiger partial charge in [-0.2, -0.15) is 39.5 Å². The molecule has 35 nitrogen and oxygen atoms in total. The number of carbonyl (C=O) groups is 6. The van der Waals surface area contributed by atoms with Gasteiger partial charge in [0.2, 0.25) is 5.78 Å². The van der Waals surface area contributed by atoms with E-state index < -0.39 is 91.2 Å². The molecule has 4 saturated heterocycles. The Morgan fingerprint density at radius 3 is 1.57 bits per heavy atom. The molecule has 0 unspecified atom stereocenters. The topological polar surface area (TPSA) is 403 Å². The van der Waals surface area contributed by atoms with Crippen LogP contribution in [0.5, 0.6) is 5.75 Å². The molecule has 0 radical (unpaired) electrons. The highest BCUT2D eigenvalue weighted by molar-refractivity contribution is 6.08. The van der Waals surface area contributed by atoms with E-state index in [-0.39, 0.29) is 89.0 Å². The normalized spacial score (nSPS) is 17.7. The molecule has 8 aliphatic heterocycles. The van der Waals surface area contributed by atoms with Gasteiger partial charge in [-0.15, -0.1) is 0 Å². The highest BCUT2D eigenvalue weighted by Crippen LogP contribution is 2.46. The molecule has 662 valence electrons. The molecule has 6 atom stereocenters. The number of amides is 8. The standard InChI is InChI=1S/C23H27F3N6O5.C21H17F3N6O.C20H19N7O.C19H19F3N6O3/c1-12(23(24,25)26)7-17(35)20-28-13(2)19-21(30-20)32(14-4-6-31(19)9-14)22(36)29-18-8-16(3-5-27-18)37-11-15(34)10-33;22-21(23,24)14-5-3-4-13(10-14)18-26-11-16-19(28-18)30(15-7-9-29(16)12-15)20(31)27-17-6-1-2-8-25-17;1-13-5-6-14(10-22-13)18-23-11-16-19(25-18)27(15-7-9-26(16)12-15)20(28)24-17-4-2-3-8-21-17;1-26-7-2-3-12(17(26)30)24-18(31)28-11-5-8-27(10-11)13-9-23-15(25-16(13)28)14(29)4-6-19(20,21)22/h3,5,8,12,14-15,33-34H,4,6-7,9-11H2,1-2H3,(H,27,29,36);1-6,8,10-11,15H,7,9,12H2,(H,25,27,31);2-6,8,10-11,15H,7,9,12H2,1H3,(H,21,24,28);2-3,7,9,11H,4-6,8,10H2,1H3,(H,24,31)/t12-,14-,15+;2*15-;11-/m0000/s1. The Balaban J connectivity index is 0.000000131. The average molecular weight is 1760 g/mol. The van der Waals surface area contributed by atoms with Crippen LogP contribution in [0.15, 0.2) is 151 Å². The predicted octanol–water partition coefficient (Wildman–Crippen LogP) is 11.7. The number of pyridine rings is 5. The van der Waals surface area contributed by atoms with Crippen LogP contribution in [0.3, 0.4) is 0 Å². The van der Waals surface area contributed by atoms with Gasteiger partial charge >= 0.3 is 42.7 Å². The van der Waals surface area contributed by atoms with Crippen molar-refractivity contribution in [2.45, 2.75) is 115 Å². The van der Waals surface area contributed by atoms with Crippen LogP contribution in [0.4, 0.5) is 128 Å². The van der Waals surface area contributed by atoms with Crippen molar-refractivity contribution in [3.63, 3.8) is 0 Å².